The van der Waals surface area contributed by atoms with Crippen LogP contribution in [-0.4, -0.2) is 11.6 Å². The van der Waals surface area contributed by atoms with Gasteiger partial charge in [0.1, 0.15) is 4.88 Å². The Kier molecular flexibility index (Phi) is 4.57. The predicted octanol–water partition coefficient (Wildman–Crippen LogP) is 2.75. The third-order valence-electron chi connectivity index (χ3n) is 5.75. The van der Waals surface area contributed by atoms with Gasteiger partial charge >= 0.3 is 0 Å². The number of halogens is 1. The Bertz CT molecular complexity index is 981. The fourth-order valence-corrected chi connectivity index (χ4v) is 5.96. The molecule has 1 atom stereocenters. The molecule has 27 heavy (non-hydrogen) atoms. The lowest BCUT2D eigenvalue weighted by Crippen LogP contribution is -2.76. The van der Waals surface area contributed by atoms with Crippen LogP contribution in [0.1, 0.15) is 52.9 Å². The standard InChI is InChI=1S/C20H19BrN4OS/c21-12-6-4-11(5-7-12)16(26)17-15(23)14-19(27-17)25-18(24)13(10-22)20(14)8-2-1-3-9-20/h4-7,13H,1-3,8-9,23H2,(H2,24,25)/p+1/t13-/m1/s1. The number of nitriles is 1. The Morgan fingerprint density at radius 1 is 1.22 bits per heavy atom. The van der Waals surface area contributed by atoms with Crippen LogP contribution in [0.4, 0.5) is 10.7 Å². The number of nitrogens with one attached hydrogen (secondary N) is 1. The van der Waals surface area contributed by atoms with E-state index in [0.29, 0.717) is 22.0 Å². The number of nitrogen functional groups attached to an aromatic ring is 1. The van der Waals surface area contributed by atoms with Gasteiger partial charge in [-0.1, -0.05) is 46.5 Å². The van der Waals surface area contributed by atoms with Gasteiger partial charge in [0.15, 0.2) is 10.9 Å². The summed E-state index contributed by atoms with van der Waals surface area (Å²) in [4.78, 5) is 16.8. The number of anilines is 1. The molecule has 4 rings (SSSR count). The van der Waals surface area contributed by atoms with Gasteiger partial charge in [0, 0.05) is 21.0 Å². The second-order valence-corrected chi connectivity index (χ2v) is 9.18. The van der Waals surface area contributed by atoms with Crippen molar-refractivity contribution in [3.8, 4) is 6.07 Å². The molecule has 1 aromatic carbocycles. The monoisotopic (exact) mass is 443 g/mol. The number of rotatable bonds is 2. The number of nitrogens with two attached hydrogens (primary N) is 2. The fraction of sp³-hybridized carbons (Fsp3) is 0.350. The first-order valence-corrected chi connectivity index (χ1v) is 10.6. The van der Waals surface area contributed by atoms with E-state index in [-0.39, 0.29) is 5.78 Å². The Balaban J connectivity index is 1.86. The number of benzene rings is 1. The summed E-state index contributed by atoms with van der Waals surface area (Å²) < 4.78 is 0.916. The van der Waals surface area contributed by atoms with E-state index < -0.39 is 11.3 Å². The molecule has 0 amide bonds. The second-order valence-electron chi connectivity index (χ2n) is 7.24. The van der Waals surface area contributed by atoms with Crippen LogP contribution in [0.25, 0.3) is 0 Å². The van der Waals surface area contributed by atoms with Crippen LogP contribution >= 0.6 is 27.3 Å². The van der Waals surface area contributed by atoms with E-state index in [0.717, 1.165) is 47.1 Å². The van der Waals surface area contributed by atoms with Crippen LogP contribution in [0.3, 0.4) is 0 Å². The molecule has 0 unspecified atom stereocenters. The van der Waals surface area contributed by atoms with Gasteiger partial charge in [0.25, 0.3) is 5.84 Å². The highest BCUT2D eigenvalue weighted by atomic mass is 79.9. The number of carbonyl (C=O) groups excluding carboxylic acids is 1. The average Bonchev–Trinajstić information content (AvgIpc) is 2.99. The summed E-state index contributed by atoms with van der Waals surface area (Å²) in [5.41, 5.74) is 14.4. The number of fused-ring (bicyclic) bond motifs is 2. The number of hydrogen-bond acceptors (Lipinski definition) is 5. The third-order valence-corrected chi connectivity index (χ3v) is 7.40. The molecule has 7 heteroatoms. The van der Waals surface area contributed by atoms with Crippen LogP contribution in [0, 0.1) is 17.2 Å². The zero-order valence-corrected chi connectivity index (χ0v) is 17.1. The van der Waals surface area contributed by atoms with E-state index in [2.05, 4.69) is 27.0 Å². The number of carbonyl (C=O) groups is 1. The lowest BCUT2D eigenvalue weighted by molar-refractivity contribution is -0.359. The van der Waals surface area contributed by atoms with Crippen molar-refractivity contribution in [1.29, 1.82) is 5.26 Å². The molecule has 1 aliphatic carbocycles. The molecule has 0 radical (unpaired) electrons. The van der Waals surface area contributed by atoms with Gasteiger partial charge in [0.2, 0.25) is 5.78 Å². The number of hydrogen-bond donors (Lipinski definition) is 3. The molecule has 0 bridgehead atoms. The van der Waals surface area contributed by atoms with Crippen molar-refractivity contribution in [3.05, 3.63) is 44.7 Å². The molecule has 0 saturated heterocycles. The lowest BCUT2D eigenvalue weighted by atomic mass is 9.61. The third kappa shape index (κ3) is 2.79. The van der Waals surface area contributed by atoms with Gasteiger partial charge in [-0.25, -0.2) is 4.99 Å². The van der Waals surface area contributed by atoms with Crippen molar-refractivity contribution in [3.63, 3.8) is 0 Å². The summed E-state index contributed by atoms with van der Waals surface area (Å²) in [7, 11) is 0. The first-order valence-electron chi connectivity index (χ1n) is 9.00. The molecule has 1 saturated carbocycles. The van der Waals surface area contributed by atoms with Gasteiger partial charge < -0.3 is 5.73 Å². The summed E-state index contributed by atoms with van der Waals surface area (Å²) in [6.45, 7) is 0. The minimum Gasteiger partial charge on any atom is -0.397 e. The molecule has 2 aliphatic rings. The molecule has 1 aliphatic heterocycles. The maximum absolute atomic E-state index is 13.1. The van der Waals surface area contributed by atoms with E-state index in [1.807, 2.05) is 12.1 Å². The highest BCUT2D eigenvalue weighted by Gasteiger charge is 2.52. The maximum Gasteiger partial charge on any atom is 0.264 e. The van der Waals surface area contributed by atoms with Gasteiger partial charge in [0.05, 0.1) is 11.8 Å². The minimum atomic E-state index is -0.433. The summed E-state index contributed by atoms with van der Waals surface area (Å²) in [6, 6.07) is 9.65. The van der Waals surface area contributed by atoms with Crippen molar-refractivity contribution in [1.82, 2.24) is 0 Å². The summed E-state index contributed by atoms with van der Waals surface area (Å²) in [5, 5.41) is 10.6. The van der Waals surface area contributed by atoms with E-state index in [4.69, 9.17) is 11.5 Å². The number of ketones is 1. The first-order chi connectivity index (χ1) is 13.0. The van der Waals surface area contributed by atoms with Crippen LogP contribution in [-0.2, 0) is 5.41 Å². The van der Waals surface area contributed by atoms with E-state index in [9.17, 15) is 10.1 Å². The first kappa shape index (κ1) is 18.2. The Labute approximate surface area is 170 Å². The normalized spacial score (nSPS) is 20.6. The molecule has 1 fully saturated rings. The molecule has 5 N–H and O–H groups in total. The summed E-state index contributed by atoms with van der Waals surface area (Å²) in [6.07, 6.45) is 4.96. The molecule has 2 aromatic rings. The lowest BCUT2D eigenvalue weighted by Gasteiger charge is -2.41. The summed E-state index contributed by atoms with van der Waals surface area (Å²) in [5.74, 6) is -0.0622. The number of amidine groups is 1. The largest absolute Gasteiger partial charge is 0.397 e. The number of thiophene rings is 1. The molecular weight excluding hydrogens is 424 g/mol. The smallest absolute Gasteiger partial charge is 0.264 e. The van der Waals surface area contributed by atoms with Crippen molar-refractivity contribution in [2.24, 2.45) is 11.7 Å². The van der Waals surface area contributed by atoms with E-state index in [1.165, 1.54) is 11.3 Å². The van der Waals surface area contributed by atoms with Crippen molar-refractivity contribution < 1.29 is 9.79 Å². The average molecular weight is 444 g/mol. The molecule has 1 spiro atoms. The van der Waals surface area contributed by atoms with Gasteiger partial charge in [-0.2, -0.15) is 5.26 Å². The maximum atomic E-state index is 13.1. The predicted molar refractivity (Wildman–Crippen MR) is 110 cm³/mol. The van der Waals surface area contributed by atoms with E-state index in [1.54, 1.807) is 12.1 Å². The Hall–Kier alpha value is -2.17. The number of nitrogens with zero attached hydrogens (tertiary/aromatic N) is 1. The van der Waals surface area contributed by atoms with E-state index >= 15 is 0 Å². The van der Waals surface area contributed by atoms with Crippen molar-refractivity contribution >= 4 is 49.6 Å². The van der Waals surface area contributed by atoms with Crippen molar-refractivity contribution in [2.75, 3.05) is 5.73 Å². The Morgan fingerprint density at radius 3 is 2.52 bits per heavy atom. The minimum absolute atomic E-state index is 0.0979. The molecule has 2 heterocycles. The highest BCUT2D eigenvalue weighted by molar-refractivity contribution is 9.10. The second kappa shape index (κ2) is 6.77. The van der Waals surface area contributed by atoms with Crippen molar-refractivity contribution in [2.45, 2.75) is 37.5 Å². The zero-order valence-electron chi connectivity index (χ0n) is 14.7. The van der Waals surface area contributed by atoms with Crippen LogP contribution in [0.5, 0.6) is 0 Å². The molecule has 1 aromatic heterocycles. The van der Waals surface area contributed by atoms with Crippen LogP contribution in [0.15, 0.2) is 28.7 Å². The molecular formula is C20H20BrN4OS+. The fourth-order valence-electron chi connectivity index (χ4n) is 4.49. The quantitative estimate of drug-likeness (QED) is 0.620. The SMILES string of the molecule is N#C[C@@H]1C(N)=[NH+]c2sc(C(=O)c3ccc(Br)cc3)c(N)c2C12CCCCC2. The molecule has 5 nitrogen and oxygen atoms in total. The van der Waals surface area contributed by atoms with Crippen LogP contribution in [0.2, 0.25) is 0 Å². The Morgan fingerprint density at radius 2 is 1.89 bits per heavy atom. The highest BCUT2D eigenvalue weighted by Crippen LogP contribution is 2.53. The van der Waals surface area contributed by atoms with Gasteiger partial charge in [-0.15, -0.1) is 0 Å². The zero-order chi connectivity index (χ0) is 19.2. The topological polar surface area (TPSA) is 107 Å². The molecule has 138 valence electrons. The van der Waals surface area contributed by atoms with Gasteiger partial charge in [-0.3, -0.25) is 10.5 Å². The summed E-state index contributed by atoms with van der Waals surface area (Å²) >= 11 is 4.74. The van der Waals surface area contributed by atoms with Gasteiger partial charge in [-0.05, 0) is 37.1 Å². The van der Waals surface area contributed by atoms with Crippen LogP contribution < -0.4 is 16.5 Å².